The lowest BCUT2D eigenvalue weighted by atomic mass is 9.77. The maximum atomic E-state index is 13.8. The van der Waals surface area contributed by atoms with Crippen LogP contribution < -0.4 is 16.0 Å². The molecule has 4 aliphatic heterocycles. The van der Waals surface area contributed by atoms with E-state index in [4.69, 9.17) is 65.4 Å². The summed E-state index contributed by atoms with van der Waals surface area (Å²) in [6, 6.07) is 0.877. The van der Waals surface area contributed by atoms with E-state index in [2.05, 4.69) is 29.8 Å². The fourth-order valence-electron chi connectivity index (χ4n) is 11.4. The number of aliphatic hydroxyl groups excluding tert-OH is 4. The number of rotatable bonds is 26. The Balaban J connectivity index is 1.31. The molecular weight excluding hydrogens is 1140 g/mol. The number of nitro groups is 1. The Bertz CT molecular complexity index is 2160. The van der Waals surface area contributed by atoms with Gasteiger partial charge in [0.2, 0.25) is 11.8 Å². The normalized spacial score (nSPS) is 32.1. The van der Waals surface area contributed by atoms with E-state index in [-0.39, 0.29) is 23.1 Å². The van der Waals surface area contributed by atoms with Gasteiger partial charge in [0.15, 0.2) is 10.9 Å². The molecule has 0 radical (unpaired) electrons. The summed E-state index contributed by atoms with van der Waals surface area (Å²) in [6.07, 6.45) is -3.50. The monoisotopic (exact) mass is 1220 g/mol. The van der Waals surface area contributed by atoms with Crippen LogP contribution in [0.2, 0.25) is 0 Å². The SMILES string of the molecule is CCCC1CC(C(=O)N[C@H](C(C)Cl)[C@H]2O[C@@H](SC)[C@H](C(NC(=O)C(Cl)Cl)C(COC(=O)CCC(=O)O[C@@H]3[C@@H](O)[C@@H](O)[C@@H]([C@H](NC(=O)C4CC(CCC)CN4C)C(C)Cl)O[C@@H]3SC)c3ccc([N+](=O)[O-])cc3)[C@H](O)[C@H]2O)N(C)C1. The first-order valence-corrected chi connectivity index (χ1v) is 30.8. The standard InChI is InChI=1S/C51H78Cl4N6O15S2/c1-9-11-26-19-31(59(5)21-26)47(68)56-36(24(3)52)43-40(65)39(64)35(50(75-43)77-7)38(58-49(70)46(54)55)30(28-13-15-29(16-14-28)61(71)72)23-73-33(62)17-18-34(63)74-45-42(67)41(66)44(76-51(45)78-8)37(25(4)53)57-48(69)32-20-27(12-10-2)22-60(32)6/h13-16,24-27,30-32,35-46,50-51,64-67H,9-12,17-23H2,1-8H3,(H,56,68)(H,57,69)(H,58,70)/t24?,25?,26?,27?,30?,31?,32?,35-,36-,37-,38?,39+,40-,41-,42+,43-,44-,45-,50+,51-/m1/s1. The third kappa shape index (κ3) is 16.8. The van der Waals surface area contributed by atoms with Crippen molar-refractivity contribution in [2.75, 3.05) is 46.3 Å². The van der Waals surface area contributed by atoms with Gasteiger partial charge in [0.25, 0.3) is 11.6 Å². The van der Waals surface area contributed by atoms with Crippen LogP contribution in [0.25, 0.3) is 0 Å². The summed E-state index contributed by atoms with van der Waals surface area (Å²) in [5.41, 5.74) is -2.16. The molecule has 0 aliphatic carbocycles. The molecule has 4 saturated heterocycles. The molecule has 4 heterocycles. The fraction of sp³-hybridized carbons (Fsp3) is 0.784. The van der Waals surface area contributed by atoms with Gasteiger partial charge in [-0.3, -0.25) is 43.9 Å². The second kappa shape index (κ2) is 30.7. The molecule has 20 atom stereocenters. The Morgan fingerprint density at radius 2 is 1.21 bits per heavy atom. The highest BCUT2D eigenvalue weighted by molar-refractivity contribution is 7.99. The van der Waals surface area contributed by atoms with Crippen LogP contribution in [-0.4, -0.2) is 211 Å². The predicted octanol–water partition coefficient (Wildman–Crippen LogP) is 3.90. The number of non-ortho nitro benzene ring substituents is 1. The van der Waals surface area contributed by atoms with Crippen molar-refractivity contribution in [3.05, 3.63) is 39.9 Å². The molecule has 1 aromatic rings. The highest BCUT2D eigenvalue weighted by atomic mass is 35.5. The van der Waals surface area contributed by atoms with Crippen molar-refractivity contribution in [2.24, 2.45) is 17.8 Å². The number of ether oxygens (including phenoxy) is 4. The van der Waals surface area contributed by atoms with Crippen molar-refractivity contribution >= 4 is 105 Å². The Kier molecular flexibility index (Phi) is 26.1. The number of benzene rings is 1. The van der Waals surface area contributed by atoms with Gasteiger partial charge in [-0.25, -0.2) is 0 Å². The number of esters is 2. The van der Waals surface area contributed by atoms with Crippen molar-refractivity contribution in [2.45, 2.75) is 184 Å². The highest BCUT2D eigenvalue weighted by Crippen LogP contribution is 2.41. The van der Waals surface area contributed by atoms with Gasteiger partial charge in [-0.2, -0.15) is 0 Å². The number of alkyl halides is 4. The van der Waals surface area contributed by atoms with E-state index in [9.17, 15) is 54.5 Å². The second-order valence-electron chi connectivity index (χ2n) is 21.0. The molecule has 5 rings (SSSR count). The predicted molar refractivity (Wildman–Crippen MR) is 299 cm³/mol. The van der Waals surface area contributed by atoms with E-state index < -0.39 is 153 Å². The minimum absolute atomic E-state index is 0.257. The number of hydrogen-bond acceptors (Lipinski definition) is 19. The number of thioether (sulfide) groups is 2. The Hall–Kier alpha value is -2.49. The summed E-state index contributed by atoms with van der Waals surface area (Å²) in [5.74, 6) is -5.26. The number of carbonyl (C=O) groups is 5. The van der Waals surface area contributed by atoms with Crippen molar-refractivity contribution in [1.82, 2.24) is 25.8 Å². The fourth-order valence-corrected chi connectivity index (χ4v) is 13.5. The lowest BCUT2D eigenvalue weighted by molar-refractivity contribution is -0.384. The topological polar surface area (TPSA) is 289 Å². The van der Waals surface area contributed by atoms with Gasteiger partial charge in [0, 0.05) is 43.1 Å². The average molecular weight is 1220 g/mol. The molecule has 21 nitrogen and oxygen atoms in total. The van der Waals surface area contributed by atoms with Crippen LogP contribution in [0.5, 0.6) is 0 Å². The van der Waals surface area contributed by atoms with E-state index in [1.54, 1.807) is 26.4 Å². The van der Waals surface area contributed by atoms with Gasteiger partial charge in [-0.15, -0.1) is 46.7 Å². The van der Waals surface area contributed by atoms with Gasteiger partial charge in [0.1, 0.15) is 48.0 Å². The molecule has 78 heavy (non-hydrogen) atoms. The zero-order valence-corrected chi connectivity index (χ0v) is 49.8. The van der Waals surface area contributed by atoms with Crippen LogP contribution in [0.4, 0.5) is 5.69 Å². The van der Waals surface area contributed by atoms with E-state index in [1.165, 1.54) is 24.3 Å². The van der Waals surface area contributed by atoms with Crippen LogP contribution in [0.3, 0.4) is 0 Å². The molecule has 4 fully saturated rings. The zero-order chi connectivity index (χ0) is 57.9. The minimum atomic E-state index is -1.74. The summed E-state index contributed by atoms with van der Waals surface area (Å²) in [7, 11) is 3.73. The molecule has 3 amide bonds. The molecule has 0 spiro atoms. The van der Waals surface area contributed by atoms with Crippen LogP contribution >= 0.6 is 69.9 Å². The maximum absolute atomic E-state index is 13.8. The van der Waals surface area contributed by atoms with E-state index in [0.29, 0.717) is 24.7 Å². The molecule has 442 valence electrons. The van der Waals surface area contributed by atoms with Gasteiger partial charge in [0.05, 0.1) is 58.8 Å². The molecule has 4 aliphatic rings. The maximum Gasteiger partial charge on any atom is 0.306 e. The third-order valence-corrected chi connectivity index (χ3v) is 18.1. The molecule has 8 unspecified atom stereocenters. The van der Waals surface area contributed by atoms with Crippen molar-refractivity contribution < 1.29 is 68.3 Å². The van der Waals surface area contributed by atoms with Gasteiger partial charge < -0.3 is 55.3 Å². The third-order valence-electron chi connectivity index (χ3n) is 15.4. The number of halogens is 4. The second-order valence-corrected chi connectivity index (χ2v) is 25.3. The van der Waals surface area contributed by atoms with Gasteiger partial charge in [-0.1, -0.05) is 62.0 Å². The van der Waals surface area contributed by atoms with E-state index in [0.717, 1.165) is 62.3 Å². The Labute approximate surface area is 485 Å². The van der Waals surface area contributed by atoms with Crippen LogP contribution in [-0.2, 0) is 42.9 Å². The molecule has 0 saturated carbocycles. The largest absolute Gasteiger partial charge is 0.465 e. The molecule has 0 aromatic heterocycles. The first-order valence-electron chi connectivity index (χ1n) is 26.4. The number of amides is 3. The first-order chi connectivity index (χ1) is 36.9. The van der Waals surface area contributed by atoms with E-state index in [1.807, 2.05) is 23.9 Å². The Morgan fingerprint density at radius 1 is 0.731 bits per heavy atom. The van der Waals surface area contributed by atoms with Crippen LogP contribution in [0, 0.1) is 27.9 Å². The highest BCUT2D eigenvalue weighted by Gasteiger charge is 2.54. The van der Waals surface area contributed by atoms with Gasteiger partial charge >= 0.3 is 11.9 Å². The molecule has 27 heteroatoms. The van der Waals surface area contributed by atoms with Crippen molar-refractivity contribution in [1.29, 1.82) is 0 Å². The minimum Gasteiger partial charge on any atom is -0.465 e. The first kappa shape index (κ1) is 66.3. The number of hydrogen-bond donors (Lipinski definition) is 7. The summed E-state index contributed by atoms with van der Waals surface area (Å²) < 4.78 is 24.1. The number of nitro benzene ring substituents is 1. The smallest absolute Gasteiger partial charge is 0.306 e. The number of nitrogens with one attached hydrogen (secondary N) is 3. The molecular formula is C51H78Cl4N6O15S2. The Morgan fingerprint density at radius 3 is 1.65 bits per heavy atom. The van der Waals surface area contributed by atoms with Gasteiger partial charge in [-0.05, 0) is 83.5 Å². The molecule has 0 bridgehead atoms. The zero-order valence-electron chi connectivity index (χ0n) is 45.2. The molecule has 7 N–H and O–H groups in total. The number of likely N-dealkylation sites (N-methyl/N-ethyl adjacent to an activating group) is 2. The molecule has 1 aromatic carbocycles. The quantitative estimate of drug-likeness (QED) is 0.0300. The van der Waals surface area contributed by atoms with E-state index >= 15 is 0 Å². The van der Waals surface area contributed by atoms with Crippen molar-refractivity contribution in [3.63, 3.8) is 0 Å². The number of aliphatic hydroxyl groups is 4. The number of likely N-dealkylation sites (tertiary alicyclic amines) is 2. The lowest BCUT2D eigenvalue weighted by Gasteiger charge is -2.49. The summed E-state index contributed by atoms with van der Waals surface area (Å²) >= 11 is 27.6. The average Bonchev–Trinajstić information content (AvgIpc) is 4.01. The summed E-state index contributed by atoms with van der Waals surface area (Å²) in [6.45, 7) is 8.30. The van der Waals surface area contributed by atoms with Crippen LogP contribution in [0.1, 0.15) is 90.5 Å². The lowest BCUT2D eigenvalue weighted by Crippen LogP contribution is -2.67. The van der Waals surface area contributed by atoms with Crippen LogP contribution in [0.15, 0.2) is 24.3 Å². The number of carbonyl (C=O) groups excluding carboxylic acids is 5. The number of nitrogens with zero attached hydrogens (tertiary/aromatic N) is 3. The van der Waals surface area contributed by atoms with Crippen molar-refractivity contribution in [3.8, 4) is 0 Å². The summed E-state index contributed by atoms with van der Waals surface area (Å²) in [4.78, 5) is 81.3. The summed E-state index contributed by atoms with van der Waals surface area (Å²) in [5, 5.41) is 65.8.